The average molecular weight is 419 g/mol. The highest BCUT2D eigenvalue weighted by atomic mass is 32.2. The molecule has 0 amide bonds. The second-order valence-corrected chi connectivity index (χ2v) is 21.8. The van der Waals surface area contributed by atoms with Crippen LogP contribution in [0.1, 0.15) is 61.8 Å². The SMILES string of the molecule is CC(C)SC/C=C/[C@H](CCO[Si](C)(C)C(C)(C)C)O[Si](C)(C)C(C)(C)C. The van der Waals surface area contributed by atoms with Crippen LogP contribution in [-0.2, 0) is 8.85 Å². The minimum absolute atomic E-state index is 0.161. The van der Waals surface area contributed by atoms with Crippen LogP contribution >= 0.6 is 11.8 Å². The van der Waals surface area contributed by atoms with Crippen molar-refractivity contribution >= 4 is 28.4 Å². The van der Waals surface area contributed by atoms with Gasteiger partial charge in [0.05, 0.1) is 6.10 Å². The van der Waals surface area contributed by atoms with Crippen molar-refractivity contribution < 1.29 is 8.85 Å². The number of rotatable bonds is 10. The van der Waals surface area contributed by atoms with Crippen molar-refractivity contribution in [2.45, 2.75) is 109 Å². The Morgan fingerprint density at radius 1 is 0.885 bits per heavy atom. The van der Waals surface area contributed by atoms with E-state index in [-0.39, 0.29) is 16.2 Å². The van der Waals surface area contributed by atoms with Gasteiger partial charge in [0.1, 0.15) is 0 Å². The molecule has 0 bridgehead atoms. The zero-order chi connectivity index (χ0) is 20.8. The van der Waals surface area contributed by atoms with Gasteiger partial charge in [-0.25, -0.2) is 0 Å². The molecule has 0 rings (SSSR count). The molecule has 0 fully saturated rings. The van der Waals surface area contributed by atoms with Crippen molar-refractivity contribution in [3.8, 4) is 0 Å². The summed E-state index contributed by atoms with van der Waals surface area (Å²) in [6, 6.07) is 0. The first kappa shape index (κ1) is 26.4. The molecular weight excluding hydrogens is 372 g/mol. The molecule has 0 saturated carbocycles. The van der Waals surface area contributed by atoms with Crippen molar-refractivity contribution in [1.82, 2.24) is 0 Å². The first-order valence-electron chi connectivity index (χ1n) is 10.1. The normalized spacial score (nSPS) is 15.9. The van der Waals surface area contributed by atoms with E-state index in [1.807, 2.05) is 11.8 Å². The summed E-state index contributed by atoms with van der Waals surface area (Å²) in [6.45, 7) is 28.4. The predicted octanol–water partition coefficient (Wildman–Crippen LogP) is 7.49. The smallest absolute Gasteiger partial charge is 0.192 e. The zero-order valence-corrected chi connectivity index (χ0v) is 22.5. The maximum atomic E-state index is 6.69. The minimum Gasteiger partial charge on any atom is -0.417 e. The predicted molar refractivity (Wildman–Crippen MR) is 127 cm³/mol. The fourth-order valence-electron chi connectivity index (χ4n) is 1.85. The lowest BCUT2D eigenvalue weighted by Crippen LogP contribution is -2.44. The third-order valence-corrected chi connectivity index (χ3v) is 15.9. The largest absolute Gasteiger partial charge is 0.417 e. The summed E-state index contributed by atoms with van der Waals surface area (Å²) in [5, 5.41) is 1.15. The van der Waals surface area contributed by atoms with Crippen LogP contribution in [0.2, 0.25) is 36.3 Å². The Bertz CT molecular complexity index is 432. The van der Waals surface area contributed by atoms with Gasteiger partial charge in [0.15, 0.2) is 16.6 Å². The fraction of sp³-hybridized carbons (Fsp3) is 0.905. The molecule has 156 valence electrons. The molecule has 0 aromatic rings. The van der Waals surface area contributed by atoms with Gasteiger partial charge in [-0.15, -0.1) is 0 Å². The van der Waals surface area contributed by atoms with Crippen molar-refractivity contribution in [2.24, 2.45) is 0 Å². The molecule has 5 heteroatoms. The first-order chi connectivity index (χ1) is 11.5. The second-order valence-electron chi connectivity index (χ2n) is 10.6. The van der Waals surface area contributed by atoms with Gasteiger partial charge in [0.25, 0.3) is 0 Å². The van der Waals surface area contributed by atoms with E-state index in [1.165, 1.54) is 0 Å². The van der Waals surface area contributed by atoms with E-state index in [1.54, 1.807) is 0 Å². The summed E-state index contributed by atoms with van der Waals surface area (Å²) in [6.07, 6.45) is 5.68. The lowest BCUT2D eigenvalue weighted by molar-refractivity contribution is 0.176. The Balaban J connectivity index is 4.94. The minimum atomic E-state index is -1.78. The van der Waals surface area contributed by atoms with E-state index < -0.39 is 16.6 Å². The van der Waals surface area contributed by atoms with E-state index in [0.717, 1.165) is 18.8 Å². The standard InChI is InChI=1S/C21H46O2SSi2/c1-18(2)24-17-13-14-19(23-26(11,12)21(6,7)8)15-16-22-25(9,10)20(3,4)5/h13-14,18-19H,15-17H2,1-12H3/b14-13+/t19-/m1/s1. The molecule has 0 aliphatic rings. The Morgan fingerprint density at radius 2 is 1.38 bits per heavy atom. The molecule has 0 N–H and O–H groups in total. The van der Waals surface area contributed by atoms with E-state index in [2.05, 4.69) is 93.7 Å². The Hall–Kier alpha value is 0.444. The molecule has 0 spiro atoms. The van der Waals surface area contributed by atoms with Gasteiger partial charge in [-0.3, -0.25) is 0 Å². The highest BCUT2D eigenvalue weighted by Gasteiger charge is 2.39. The molecule has 0 heterocycles. The van der Waals surface area contributed by atoms with Crippen molar-refractivity contribution in [3.63, 3.8) is 0 Å². The van der Waals surface area contributed by atoms with Crippen LogP contribution in [0.4, 0.5) is 0 Å². The van der Waals surface area contributed by atoms with Gasteiger partial charge in [-0.2, -0.15) is 11.8 Å². The van der Waals surface area contributed by atoms with E-state index in [9.17, 15) is 0 Å². The molecular formula is C21H46O2SSi2. The van der Waals surface area contributed by atoms with Crippen molar-refractivity contribution in [3.05, 3.63) is 12.2 Å². The van der Waals surface area contributed by atoms with Gasteiger partial charge < -0.3 is 8.85 Å². The molecule has 0 saturated heterocycles. The summed E-state index contributed by atoms with van der Waals surface area (Å²) in [7, 11) is -3.48. The lowest BCUT2D eigenvalue weighted by atomic mass is 10.2. The lowest BCUT2D eigenvalue weighted by Gasteiger charge is -2.39. The average Bonchev–Trinajstić information content (AvgIpc) is 2.39. The van der Waals surface area contributed by atoms with Crippen molar-refractivity contribution in [2.75, 3.05) is 12.4 Å². The number of hydrogen-bond donors (Lipinski definition) is 0. The fourth-order valence-corrected chi connectivity index (χ4v) is 4.83. The Kier molecular flexibility index (Phi) is 10.5. The molecule has 0 aromatic carbocycles. The zero-order valence-electron chi connectivity index (χ0n) is 19.7. The summed E-state index contributed by atoms with van der Waals surface area (Å²) in [4.78, 5) is 0. The maximum Gasteiger partial charge on any atom is 0.192 e. The maximum absolute atomic E-state index is 6.69. The van der Waals surface area contributed by atoms with E-state index >= 15 is 0 Å². The molecule has 0 unspecified atom stereocenters. The third kappa shape index (κ3) is 9.58. The molecule has 26 heavy (non-hydrogen) atoms. The summed E-state index contributed by atoms with van der Waals surface area (Å²) < 4.78 is 13.1. The van der Waals surface area contributed by atoms with Crippen LogP contribution in [0.25, 0.3) is 0 Å². The summed E-state index contributed by atoms with van der Waals surface area (Å²) >= 11 is 1.97. The van der Waals surface area contributed by atoms with Crippen LogP contribution in [0.5, 0.6) is 0 Å². The molecule has 1 atom stereocenters. The van der Waals surface area contributed by atoms with Gasteiger partial charge >= 0.3 is 0 Å². The van der Waals surface area contributed by atoms with Gasteiger partial charge in [0.2, 0.25) is 0 Å². The summed E-state index contributed by atoms with van der Waals surface area (Å²) in [5.41, 5.74) is 0. The van der Waals surface area contributed by atoms with Gasteiger partial charge in [0, 0.05) is 12.4 Å². The van der Waals surface area contributed by atoms with Crippen LogP contribution < -0.4 is 0 Å². The van der Waals surface area contributed by atoms with E-state index in [4.69, 9.17) is 8.85 Å². The Labute approximate surface area is 171 Å². The molecule has 0 aromatic heterocycles. The molecule has 0 radical (unpaired) electrons. The number of thioether (sulfide) groups is 1. The third-order valence-electron chi connectivity index (χ3n) is 5.80. The van der Waals surface area contributed by atoms with Crippen molar-refractivity contribution in [1.29, 1.82) is 0 Å². The Morgan fingerprint density at radius 3 is 1.81 bits per heavy atom. The molecule has 0 aliphatic heterocycles. The quantitative estimate of drug-likeness (QED) is 0.270. The molecule has 0 aliphatic carbocycles. The van der Waals surface area contributed by atoms with E-state index in [0.29, 0.717) is 5.25 Å². The number of hydrogen-bond acceptors (Lipinski definition) is 3. The summed E-state index contributed by atoms with van der Waals surface area (Å²) in [5.74, 6) is 1.05. The van der Waals surface area contributed by atoms with Crippen LogP contribution in [-0.4, -0.2) is 40.3 Å². The highest BCUT2D eigenvalue weighted by molar-refractivity contribution is 8.00. The van der Waals surface area contributed by atoms with Crippen LogP contribution in [0.3, 0.4) is 0 Å². The highest BCUT2D eigenvalue weighted by Crippen LogP contribution is 2.39. The monoisotopic (exact) mass is 418 g/mol. The first-order valence-corrected chi connectivity index (χ1v) is 17.0. The second kappa shape index (κ2) is 10.3. The molecule has 2 nitrogen and oxygen atoms in total. The topological polar surface area (TPSA) is 18.5 Å². The van der Waals surface area contributed by atoms with Crippen LogP contribution in [0, 0.1) is 0 Å². The van der Waals surface area contributed by atoms with Gasteiger partial charge in [-0.05, 0) is 47.9 Å². The van der Waals surface area contributed by atoms with Crippen LogP contribution in [0.15, 0.2) is 12.2 Å². The van der Waals surface area contributed by atoms with Gasteiger partial charge in [-0.1, -0.05) is 67.5 Å².